The van der Waals surface area contributed by atoms with Crippen LogP contribution in [-0.2, 0) is 11.3 Å². The van der Waals surface area contributed by atoms with Gasteiger partial charge >= 0.3 is 4.87 Å². The van der Waals surface area contributed by atoms with Gasteiger partial charge in [0.15, 0.2) is 0 Å². The molecule has 0 radical (unpaired) electrons. The van der Waals surface area contributed by atoms with Gasteiger partial charge < -0.3 is 9.88 Å². The number of carbonyl (C=O) groups excluding carboxylic acids is 1. The topological polar surface area (TPSA) is 51.1 Å². The second-order valence-corrected chi connectivity index (χ2v) is 6.65. The Morgan fingerprint density at radius 3 is 2.85 bits per heavy atom. The molecule has 0 saturated heterocycles. The molecule has 1 N–H and O–H groups in total. The predicted octanol–water partition coefficient (Wildman–Crippen LogP) is 2.69. The van der Waals surface area contributed by atoms with Gasteiger partial charge in [0.2, 0.25) is 5.91 Å². The minimum atomic E-state index is 0.0730. The number of rotatable bonds is 5. The van der Waals surface area contributed by atoms with Crippen molar-refractivity contribution in [2.45, 2.75) is 65.0 Å². The maximum atomic E-state index is 12.0. The minimum Gasteiger partial charge on any atom is -0.353 e. The Hall–Kier alpha value is -1.10. The van der Waals surface area contributed by atoms with E-state index in [0.29, 0.717) is 24.9 Å². The highest BCUT2D eigenvalue weighted by atomic mass is 32.1. The number of aromatic nitrogens is 1. The molecule has 1 aromatic rings. The second-order valence-electron chi connectivity index (χ2n) is 5.83. The van der Waals surface area contributed by atoms with Gasteiger partial charge in [0, 0.05) is 30.1 Å². The smallest absolute Gasteiger partial charge is 0.307 e. The summed E-state index contributed by atoms with van der Waals surface area (Å²) in [6.07, 6.45) is 6.06. The third kappa shape index (κ3) is 3.95. The van der Waals surface area contributed by atoms with E-state index in [2.05, 4.69) is 12.2 Å². The Bertz CT molecular complexity index is 506. The zero-order valence-corrected chi connectivity index (χ0v) is 13.2. The Morgan fingerprint density at radius 2 is 2.20 bits per heavy atom. The molecule has 4 nitrogen and oxygen atoms in total. The fourth-order valence-corrected chi connectivity index (χ4v) is 3.64. The summed E-state index contributed by atoms with van der Waals surface area (Å²) in [7, 11) is 0. The van der Waals surface area contributed by atoms with E-state index in [-0.39, 0.29) is 10.8 Å². The van der Waals surface area contributed by atoms with E-state index < -0.39 is 0 Å². The van der Waals surface area contributed by atoms with Crippen LogP contribution < -0.4 is 10.2 Å². The minimum absolute atomic E-state index is 0.0730. The summed E-state index contributed by atoms with van der Waals surface area (Å²) in [4.78, 5) is 23.6. The van der Waals surface area contributed by atoms with E-state index in [1.807, 2.05) is 12.3 Å². The molecule has 0 aliphatic heterocycles. The molecule has 5 heteroatoms. The van der Waals surface area contributed by atoms with Crippen LogP contribution in [0.5, 0.6) is 0 Å². The predicted molar refractivity (Wildman–Crippen MR) is 82.1 cm³/mol. The van der Waals surface area contributed by atoms with Gasteiger partial charge in [-0.25, -0.2) is 0 Å². The number of thiazole rings is 1. The standard InChI is InChI=1S/C15H24N2O2S/c1-11-6-3-4-7-13(11)16-14(18)8-5-9-17-12(2)10-20-15(17)19/h10-11,13H,3-9H2,1-2H3,(H,16,18)/t11-,13-/m0/s1. The quantitative estimate of drug-likeness (QED) is 0.908. The van der Waals surface area contributed by atoms with Gasteiger partial charge in [0.1, 0.15) is 0 Å². The molecule has 1 heterocycles. The summed E-state index contributed by atoms with van der Waals surface area (Å²) in [5.74, 6) is 0.721. The van der Waals surface area contributed by atoms with Crippen LogP contribution in [0.25, 0.3) is 0 Å². The van der Waals surface area contributed by atoms with Crippen molar-refractivity contribution in [3.63, 3.8) is 0 Å². The molecule has 20 heavy (non-hydrogen) atoms. The highest BCUT2D eigenvalue weighted by molar-refractivity contribution is 7.07. The monoisotopic (exact) mass is 296 g/mol. The summed E-state index contributed by atoms with van der Waals surface area (Å²) >= 11 is 1.23. The molecule has 0 unspecified atom stereocenters. The molecule has 1 amide bonds. The number of nitrogens with zero attached hydrogens (tertiary/aromatic N) is 1. The maximum Gasteiger partial charge on any atom is 0.307 e. The molecule has 0 spiro atoms. The van der Waals surface area contributed by atoms with Gasteiger partial charge in [0.05, 0.1) is 0 Å². The van der Waals surface area contributed by atoms with Crippen molar-refractivity contribution in [2.75, 3.05) is 0 Å². The van der Waals surface area contributed by atoms with Gasteiger partial charge in [-0.05, 0) is 32.1 Å². The Labute approximate surface area is 124 Å². The molecule has 0 bridgehead atoms. The van der Waals surface area contributed by atoms with Gasteiger partial charge in [-0.15, -0.1) is 0 Å². The van der Waals surface area contributed by atoms with Crippen molar-refractivity contribution < 1.29 is 4.79 Å². The van der Waals surface area contributed by atoms with Crippen LogP contribution in [0, 0.1) is 12.8 Å². The van der Waals surface area contributed by atoms with Crippen LogP contribution in [0.2, 0.25) is 0 Å². The molecule has 112 valence electrons. The van der Waals surface area contributed by atoms with Crippen molar-refractivity contribution in [1.82, 2.24) is 9.88 Å². The number of amides is 1. The lowest BCUT2D eigenvalue weighted by Gasteiger charge is -2.29. The first kappa shape index (κ1) is 15.3. The van der Waals surface area contributed by atoms with Crippen LogP contribution in [0.4, 0.5) is 0 Å². The second kappa shape index (κ2) is 7.07. The molecule has 1 aliphatic carbocycles. The molecule has 1 aromatic heterocycles. The number of nitrogens with one attached hydrogen (secondary N) is 1. The van der Waals surface area contributed by atoms with E-state index >= 15 is 0 Å². The highest BCUT2D eigenvalue weighted by Gasteiger charge is 2.22. The van der Waals surface area contributed by atoms with Crippen LogP contribution in [0.3, 0.4) is 0 Å². The summed E-state index contributed by atoms with van der Waals surface area (Å²) in [5, 5.41) is 5.02. The Balaban J connectivity index is 1.74. The van der Waals surface area contributed by atoms with E-state index in [1.54, 1.807) is 4.57 Å². The largest absolute Gasteiger partial charge is 0.353 e. The molecule has 1 fully saturated rings. The number of aryl methyl sites for hydroxylation is 1. The molecular formula is C15H24N2O2S. The first-order valence-corrected chi connectivity index (χ1v) is 8.40. The van der Waals surface area contributed by atoms with Crippen molar-refractivity contribution in [2.24, 2.45) is 5.92 Å². The zero-order valence-electron chi connectivity index (χ0n) is 12.4. The SMILES string of the molecule is Cc1csc(=O)n1CCCC(=O)N[C@H]1CCCC[C@@H]1C. The van der Waals surface area contributed by atoms with Gasteiger partial charge in [-0.3, -0.25) is 9.59 Å². The van der Waals surface area contributed by atoms with Crippen LogP contribution in [0.1, 0.15) is 51.1 Å². The average Bonchev–Trinajstić information content (AvgIpc) is 2.73. The highest BCUT2D eigenvalue weighted by Crippen LogP contribution is 2.23. The van der Waals surface area contributed by atoms with Crippen LogP contribution >= 0.6 is 11.3 Å². The Morgan fingerprint density at radius 1 is 1.45 bits per heavy atom. The molecule has 1 saturated carbocycles. The Kier molecular flexibility index (Phi) is 5.40. The number of carbonyl (C=O) groups is 1. The first-order chi connectivity index (χ1) is 9.58. The van der Waals surface area contributed by atoms with E-state index in [4.69, 9.17) is 0 Å². The fourth-order valence-electron chi connectivity index (χ4n) is 2.88. The third-order valence-corrected chi connectivity index (χ3v) is 5.10. The van der Waals surface area contributed by atoms with Gasteiger partial charge in [-0.2, -0.15) is 0 Å². The van der Waals surface area contributed by atoms with Crippen molar-refractivity contribution in [1.29, 1.82) is 0 Å². The van der Waals surface area contributed by atoms with Gasteiger partial charge in [0.25, 0.3) is 0 Å². The summed E-state index contributed by atoms with van der Waals surface area (Å²) in [5.41, 5.74) is 0.987. The number of hydrogen-bond acceptors (Lipinski definition) is 3. The first-order valence-electron chi connectivity index (χ1n) is 7.52. The molecule has 0 aromatic carbocycles. The fraction of sp³-hybridized carbons (Fsp3) is 0.733. The van der Waals surface area contributed by atoms with Crippen molar-refractivity contribution in [3.05, 3.63) is 20.7 Å². The molecule has 1 aliphatic rings. The van der Waals surface area contributed by atoms with E-state index in [1.165, 1.54) is 30.6 Å². The molecule has 2 rings (SSSR count). The normalized spacial score (nSPS) is 22.7. The van der Waals surface area contributed by atoms with Crippen molar-refractivity contribution >= 4 is 17.2 Å². The third-order valence-electron chi connectivity index (χ3n) is 4.22. The summed E-state index contributed by atoms with van der Waals surface area (Å²) < 4.78 is 1.75. The van der Waals surface area contributed by atoms with Crippen LogP contribution in [0.15, 0.2) is 10.2 Å². The lowest BCUT2D eigenvalue weighted by Crippen LogP contribution is -2.41. The van der Waals surface area contributed by atoms with Crippen LogP contribution in [-0.4, -0.2) is 16.5 Å². The lowest BCUT2D eigenvalue weighted by molar-refractivity contribution is -0.122. The summed E-state index contributed by atoms with van der Waals surface area (Å²) in [6, 6.07) is 0.349. The number of hydrogen-bond donors (Lipinski definition) is 1. The van der Waals surface area contributed by atoms with Gasteiger partial charge in [-0.1, -0.05) is 31.1 Å². The van der Waals surface area contributed by atoms with Crippen molar-refractivity contribution in [3.8, 4) is 0 Å². The maximum absolute atomic E-state index is 12.0. The molecule has 2 atom stereocenters. The lowest BCUT2D eigenvalue weighted by atomic mass is 9.86. The molecular weight excluding hydrogens is 272 g/mol. The van der Waals surface area contributed by atoms with E-state index in [9.17, 15) is 9.59 Å². The average molecular weight is 296 g/mol. The zero-order chi connectivity index (χ0) is 14.5. The van der Waals surface area contributed by atoms with E-state index in [0.717, 1.165) is 18.5 Å². The summed E-state index contributed by atoms with van der Waals surface area (Å²) in [6.45, 7) is 4.79.